The second-order valence-electron chi connectivity index (χ2n) is 15.9. The number of hydrogen-bond acceptors (Lipinski definition) is 12. The summed E-state index contributed by atoms with van der Waals surface area (Å²) in [4.78, 5) is 73.7. The number of carbonyl (C=O) groups excluding carboxylic acids is 6. The number of esters is 6. The zero-order chi connectivity index (χ0) is 51.0. The topological polar surface area (TPSA) is 158 Å². The summed E-state index contributed by atoms with van der Waals surface area (Å²) < 4.78 is 32.5. The monoisotopic (exact) mass is 948 g/mol. The summed E-state index contributed by atoms with van der Waals surface area (Å²) in [5.41, 5.74) is 5.84. The molecule has 12 nitrogen and oxygen atoms in total. The third-order valence-electron chi connectivity index (χ3n) is 10.5. The number of ether oxygens (including phenoxy) is 6. The predicted octanol–water partition coefficient (Wildman–Crippen LogP) is 11.2. The molecule has 0 N–H and O–H groups in total. The standard InChI is InChI=1S/C59H48O12/c1-8-52(60)66-46-25-13-40(14-26-46)55(41-15-27-47(28-16-41)67-53(61)9-2)42-17-29-48(30-18-42)68-54(62)12-10-11-39(7)59(65)71-51-35-23-45(24-36-51)56(43-19-31-49(32-20-43)69-57(63)37(3)4)44-21-33-50(34-22-44)70-58(64)38(5)6/h8-36,55-56H,1-3,5H2,4,6-7H3/b12-10+,39-11+. The summed E-state index contributed by atoms with van der Waals surface area (Å²) in [6.45, 7) is 18.8. The van der Waals surface area contributed by atoms with Crippen molar-refractivity contribution < 1.29 is 57.2 Å². The van der Waals surface area contributed by atoms with Crippen LogP contribution in [0.3, 0.4) is 0 Å². The average molecular weight is 949 g/mol. The van der Waals surface area contributed by atoms with E-state index >= 15 is 0 Å². The summed E-state index contributed by atoms with van der Waals surface area (Å²) >= 11 is 0. The van der Waals surface area contributed by atoms with Crippen LogP contribution in [0.5, 0.6) is 34.5 Å². The zero-order valence-electron chi connectivity index (χ0n) is 39.1. The van der Waals surface area contributed by atoms with Crippen LogP contribution in [-0.2, 0) is 28.8 Å². The molecule has 0 bridgehead atoms. The van der Waals surface area contributed by atoms with Gasteiger partial charge in [0.2, 0.25) is 0 Å². The Bertz CT molecular complexity index is 2890. The second kappa shape index (κ2) is 24.0. The van der Waals surface area contributed by atoms with Gasteiger partial charge in [-0.1, -0.05) is 111 Å². The highest BCUT2D eigenvalue weighted by Crippen LogP contribution is 2.37. The van der Waals surface area contributed by atoms with Gasteiger partial charge in [0.1, 0.15) is 34.5 Å². The highest BCUT2D eigenvalue weighted by atomic mass is 16.6. The van der Waals surface area contributed by atoms with Crippen LogP contribution in [0.25, 0.3) is 0 Å². The van der Waals surface area contributed by atoms with Crippen molar-refractivity contribution in [2.75, 3.05) is 0 Å². The van der Waals surface area contributed by atoms with Gasteiger partial charge in [0.15, 0.2) is 0 Å². The average Bonchev–Trinajstić information content (AvgIpc) is 3.37. The Hall–Kier alpha value is -9.42. The number of hydrogen-bond donors (Lipinski definition) is 0. The van der Waals surface area contributed by atoms with Crippen LogP contribution < -0.4 is 28.4 Å². The molecule has 6 rings (SSSR count). The molecule has 0 aliphatic carbocycles. The van der Waals surface area contributed by atoms with Crippen LogP contribution in [0, 0.1) is 0 Å². The number of rotatable bonds is 19. The molecule has 0 amide bonds. The minimum atomic E-state index is -0.684. The Morgan fingerprint density at radius 3 is 0.859 bits per heavy atom. The van der Waals surface area contributed by atoms with Gasteiger partial charge in [-0.3, -0.25) is 0 Å². The van der Waals surface area contributed by atoms with Crippen molar-refractivity contribution in [3.8, 4) is 34.5 Å². The fourth-order valence-electron chi connectivity index (χ4n) is 6.91. The molecule has 356 valence electrons. The Labute approximate surface area is 411 Å². The Morgan fingerprint density at radius 2 is 0.606 bits per heavy atom. The molecule has 0 fully saturated rings. The van der Waals surface area contributed by atoms with E-state index in [0.717, 1.165) is 45.5 Å². The zero-order valence-corrected chi connectivity index (χ0v) is 39.1. The van der Waals surface area contributed by atoms with E-state index in [9.17, 15) is 28.8 Å². The quantitative estimate of drug-likeness (QED) is 0.0249. The maximum absolute atomic E-state index is 13.1. The van der Waals surface area contributed by atoms with Crippen LogP contribution in [0.1, 0.15) is 66.0 Å². The maximum Gasteiger partial charge on any atom is 0.339 e. The van der Waals surface area contributed by atoms with Gasteiger partial charge < -0.3 is 28.4 Å². The van der Waals surface area contributed by atoms with Gasteiger partial charge in [-0.25, -0.2) is 28.8 Å². The van der Waals surface area contributed by atoms with Gasteiger partial charge in [0, 0.05) is 46.8 Å². The fourth-order valence-corrected chi connectivity index (χ4v) is 6.91. The molecule has 0 aromatic heterocycles. The van der Waals surface area contributed by atoms with E-state index in [-0.39, 0.29) is 40.1 Å². The van der Waals surface area contributed by atoms with E-state index in [0.29, 0.717) is 23.0 Å². The van der Waals surface area contributed by atoms with Crippen molar-refractivity contribution in [1.82, 2.24) is 0 Å². The SMILES string of the molecule is C=CC(=O)Oc1ccc(C(c2ccc(OC(=O)C=C)cc2)c2ccc(OC(=O)/C=C/C=C(\C)C(=O)Oc3ccc(C(c4ccc(OC(=O)C(=C)C)cc4)c4ccc(OC(=O)C(=C)C)cc4)cc3)cc2)cc1. The first-order valence-electron chi connectivity index (χ1n) is 21.9. The largest absolute Gasteiger partial charge is 0.423 e. The van der Waals surface area contributed by atoms with Crippen molar-refractivity contribution in [3.63, 3.8) is 0 Å². The van der Waals surface area contributed by atoms with E-state index in [4.69, 9.17) is 28.4 Å². The first-order valence-corrected chi connectivity index (χ1v) is 21.9. The molecular weight excluding hydrogens is 901 g/mol. The van der Waals surface area contributed by atoms with E-state index < -0.39 is 35.8 Å². The molecule has 0 heterocycles. The van der Waals surface area contributed by atoms with Gasteiger partial charge in [0.05, 0.1) is 0 Å². The van der Waals surface area contributed by atoms with E-state index in [1.165, 1.54) is 18.2 Å². The minimum absolute atomic E-state index is 0.213. The molecule has 71 heavy (non-hydrogen) atoms. The number of benzene rings is 6. The van der Waals surface area contributed by atoms with Gasteiger partial charge in [-0.05, 0) is 127 Å². The van der Waals surface area contributed by atoms with Crippen LogP contribution in [0.4, 0.5) is 0 Å². The van der Waals surface area contributed by atoms with Crippen molar-refractivity contribution in [1.29, 1.82) is 0 Å². The highest BCUT2D eigenvalue weighted by Gasteiger charge is 2.21. The van der Waals surface area contributed by atoms with Gasteiger partial charge in [-0.15, -0.1) is 0 Å². The van der Waals surface area contributed by atoms with E-state index in [1.54, 1.807) is 93.6 Å². The lowest BCUT2D eigenvalue weighted by molar-refractivity contribution is -0.131. The summed E-state index contributed by atoms with van der Waals surface area (Å²) in [6.07, 6.45) is 6.15. The molecule has 0 atom stereocenters. The van der Waals surface area contributed by atoms with Crippen molar-refractivity contribution >= 4 is 35.8 Å². The van der Waals surface area contributed by atoms with Crippen molar-refractivity contribution in [2.24, 2.45) is 0 Å². The molecule has 0 aliphatic heterocycles. The fraction of sp³-hybridized carbons (Fsp3) is 0.0847. The Morgan fingerprint density at radius 1 is 0.366 bits per heavy atom. The molecule has 0 aliphatic rings. The van der Waals surface area contributed by atoms with Crippen molar-refractivity contribution in [3.05, 3.63) is 252 Å². The summed E-state index contributed by atoms with van der Waals surface area (Å²) in [5.74, 6) is -2.29. The first kappa shape index (κ1) is 51.0. The van der Waals surface area contributed by atoms with Crippen LogP contribution in [-0.4, -0.2) is 35.8 Å². The molecular formula is C59H48O12. The normalized spacial score (nSPS) is 11.0. The Balaban J connectivity index is 1.11. The molecule has 0 unspecified atom stereocenters. The van der Waals surface area contributed by atoms with Crippen LogP contribution >= 0.6 is 0 Å². The smallest absolute Gasteiger partial charge is 0.339 e. The molecule has 6 aromatic rings. The molecule has 12 heteroatoms. The third kappa shape index (κ3) is 14.3. The van der Waals surface area contributed by atoms with Gasteiger partial charge in [0.25, 0.3) is 0 Å². The molecule has 0 spiro atoms. The molecule has 0 radical (unpaired) electrons. The van der Waals surface area contributed by atoms with E-state index in [1.807, 2.05) is 72.8 Å². The van der Waals surface area contributed by atoms with Crippen LogP contribution in [0.15, 0.2) is 219 Å². The maximum atomic E-state index is 13.1. The molecule has 0 saturated carbocycles. The number of allylic oxidation sites excluding steroid dienone is 2. The first-order chi connectivity index (χ1) is 34.1. The van der Waals surface area contributed by atoms with Gasteiger partial charge >= 0.3 is 35.8 Å². The summed E-state index contributed by atoms with van der Waals surface area (Å²) in [7, 11) is 0. The molecule has 0 saturated heterocycles. The third-order valence-corrected chi connectivity index (χ3v) is 10.5. The summed E-state index contributed by atoms with van der Waals surface area (Å²) in [6, 6.07) is 42.0. The molecule has 6 aromatic carbocycles. The van der Waals surface area contributed by atoms with Crippen molar-refractivity contribution in [2.45, 2.75) is 32.6 Å². The lowest BCUT2D eigenvalue weighted by atomic mass is 9.85. The second-order valence-corrected chi connectivity index (χ2v) is 15.9. The van der Waals surface area contributed by atoms with E-state index in [2.05, 4.69) is 26.3 Å². The summed E-state index contributed by atoms with van der Waals surface area (Å²) in [5, 5.41) is 0. The highest BCUT2D eigenvalue weighted by molar-refractivity contribution is 5.91. The lowest BCUT2D eigenvalue weighted by Gasteiger charge is -2.20. The Kier molecular flexibility index (Phi) is 17.3. The van der Waals surface area contributed by atoms with Crippen LogP contribution in [0.2, 0.25) is 0 Å². The van der Waals surface area contributed by atoms with Gasteiger partial charge in [-0.2, -0.15) is 0 Å². The lowest BCUT2D eigenvalue weighted by Crippen LogP contribution is -2.10. The minimum Gasteiger partial charge on any atom is -0.423 e. The predicted molar refractivity (Wildman–Crippen MR) is 267 cm³/mol. The number of carbonyl (C=O) groups is 6.